The van der Waals surface area contributed by atoms with E-state index in [9.17, 15) is 4.79 Å². The summed E-state index contributed by atoms with van der Waals surface area (Å²) in [6.45, 7) is 5.56. The lowest BCUT2D eigenvalue weighted by Crippen LogP contribution is -2.25. The number of hydrogen-bond acceptors (Lipinski definition) is 4. The van der Waals surface area contributed by atoms with Gasteiger partial charge in [0.2, 0.25) is 5.88 Å². The molecular formula is C11H17N3O2. The van der Waals surface area contributed by atoms with E-state index in [2.05, 4.69) is 14.9 Å². The second-order valence-electron chi connectivity index (χ2n) is 4.07. The first-order valence-electron chi connectivity index (χ1n) is 5.67. The summed E-state index contributed by atoms with van der Waals surface area (Å²) in [5.74, 6) is 1.00. The second kappa shape index (κ2) is 5.12. The lowest BCUT2D eigenvalue weighted by atomic mass is 10.4. The van der Waals surface area contributed by atoms with Crippen LogP contribution in [-0.2, 0) is 0 Å². The first-order chi connectivity index (χ1) is 7.74. The summed E-state index contributed by atoms with van der Waals surface area (Å²) in [6, 6.07) is 1.39. The fourth-order valence-electron chi connectivity index (χ4n) is 1.91. The lowest BCUT2D eigenvalue weighted by molar-refractivity contribution is 0.231. The number of hydrogen-bond donors (Lipinski definition) is 1. The monoisotopic (exact) mass is 223 g/mol. The molecule has 5 heteroatoms. The van der Waals surface area contributed by atoms with Crippen LogP contribution < -0.4 is 10.3 Å². The van der Waals surface area contributed by atoms with E-state index in [0.29, 0.717) is 18.3 Å². The molecule has 0 aliphatic carbocycles. The number of likely N-dealkylation sites (tertiary alicyclic amines) is 1. The van der Waals surface area contributed by atoms with Crippen molar-refractivity contribution >= 4 is 0 Å². The van der Waals surface area contributed by atoms with Crippen molar-refractivity contribution in [2.24, 2.45) is 0 Å². The van der Waals surface area contributed by atoms with Crippen LogP contribution in [0.1, 0.15) is 18.7 Å². The largest absolute Gasteiger partial charge is 0.476 e. The first kappa shape index (κ1) is 11.1. The Morgan fingerprint density at radius 3 is 2.94 bits per heavy atom. The summed E-state index contributed by atoms with van der Waals surface area (Å²) in [5, 5.41) is 0. The number of nitrogens with zero attached hydrogens (tertiary/aromatic N) is 2. The van der Waals surface area contributed by atoms with Gasteiger partial charge >= 0.3 is 0 Å². The maximum atomic E-state index is 11.1. The van der Waals surface area contributed by atoms with E-state index in [0.717, 1.165) is 19.6 Å². The lowest BCUT2D eigenvalue weighted by Gasteiger charge is -2.14. The molecule has 0 amide bonds. The van der Waals surface area contributed by atoms with Crippen LogP contribution in [0.25, 0.3) is 0 Å². The van der Waals surface area contributed by atoms with Crippen LogP contribution in [0.3, 0.4) is 0 Å². The number of aromatic nitrogens is 2. The van der Waals surface area contributed by atoms with Crippen LogP contribution >= 0.6 is 0 Å². The minimum atomic E-state index is -0.163. The molecule has 0 spiro atoms. The van der Waals surface area contributed by atoms with E-state index >= 15 is 0 Å². The number of aromatic amines is 1. The molecule has 0 unspecified atom stereocenters. The van der Waals surface area contributed by atoms with Gasteiger partial charge in [0.25, 0.3) is 5.56 Å². The molecule has 1 aliphatic heterocycles. The first-order valence-corrected chi connectivity index (χ1v) is 5.67. The van der Waals surface area contributed by atoms with Gasteiger partial charge in [-0.15, -0.1) is 0 Å². The SMILES string of the molecule is Cc1nc(OCCN2CCCC2)cc(=O)[nH]1. The molecule has 5 nitrogen and oxygen atoms in total. The van der Waals surface area contributed by atoms with Crippen molar-refractivity contribution in [3.05, 3.63) is 22.2 Å². The van der Waals surface area contributed by atoms with Gasteiger partial charge in [-0.25, -0.2) is 4.98 Å². The van der Waals surface area contributed by atoms with Gasteiger partial charge in [-0.3, -0.25) is 9.69 Å². The molecule has 1 saturated heterocycles. The topological polar surface area (TPSA) is 58.2 Å². The highest BCUT2D eigenvalue weighted by Gasteiger charge is 2.10. The predicted octanol–water partition coefficient (Wildman–Crippen LogP) is 0.553. The molecule has 0 aromatic carbocycles. The minimum Gasteiger partial charge on any atom is -0.476 e. The highest BCUT2D eigenvalue weighted by Crippen LogP contribution is 2.07. The second-order valence-corrected chi connectivity index (χ2v) is 4.07. The summed E-state index contributed by atoms with van der Waals surface area (Å²) in [7, 11) is 0. The summed E-state index contributed by atoms with van der Waals surface area (Å²) in [4.78, 5) is 20.2. The van der Waals surface area contributed by atoms with E-state index in [1.807, 2.05) is 0 Å². The fraction of sp³-hybridized carbons (Fsp3) is 0.636. The molecule has 1 fully saturated rings. The average Bonchev–Trinajstić information content (AvgIpc) is 2.69. The van der Waals surface area contributed by atoms with E-state index in [1.165, 1.54) is 18.9 Å². The summed E-state index contributed by atoms with van der Waals surface area (Å²) in [5.41, 5.74) is -0.163. The van der Waals surface area contributed by atoms with Crippen molar-refractivity contribution in [3.8, 4) is 5.88 Å². The summed E-state index contributed by atoms with van der Waals surface area (Å²) < 4.78 is 5.46. The van der Waals surface area contributed by atoms with Crippen LogP contribution in [0.2, 0.25) is 0 Å². The van der Waals surface area contributed by atoms with Gasteiger partial charge < -0.3 is 9.72 Å². The van der Waals surface area contributed by atoms with Gasteiger partial charge in [-0.2, -0.15) is 0 Å². The standard InChI is InChI=1S/C11H17N3O2/c1-9-12-10(15)8-11(13-9)16-7-6-14-4-2-3-5-14/h8H,2-7H2,1H3,(H,12,13,15). The van der Waals surface area contributed by atoms with Gasteiger partial charge in [0.1, 0.15) is 12.4 Å². The molecular weight excluding hydrogens is 206 g/mol. The number of H-pyrrole nitrogens is 1. The molecule has 0 bridgehead atoms. The highest BCUT2D eigenvalue weighted by molar-refractivity contribution is 5.07. The number of rotatable bonds is 4. The molecule has 0 radical (unpaired) electrons. The molecule has 1 aromatic heterocycles. The van der Waals surface area contributed by atoms with E-state index in [-0.39, 0.29) is 5.56 Å². The Morgan fingerprint density at radius 1 is 1.50 bits per heavy atom. The van der Waals surface area contributed by atoms with Crippen molar-refractivity contribution in [3.63, 3.8) is 0 Å². The molecule has 16 heavy (non-hydrogen) atoms. The minimum absolute atomic E-state index is 0.163. The molecule has 0 saturated carbocycles. The normalized spacial score (nSPS) is 16.6. The van der Waals surface area contributed by atoms with Crippen LogP contribution in [-0.4, -0.2) is 41.1 Å². The molecule has 88 valence electrons. The van der Waals surface area contributed by atoms with Crippen molar-refractivity contribution < 1.29 is 4.74 Å². The maximum Gasteiger partial charge on any atom is 0.254 e. The molecule has 1 aromatic rings. The third-order valence-corrected chi connectivity index (χ3v) is 2.69. The van der Waals surface area contributed by atoms with Crippen molar-refractivity contribution in [1.82, 2.24) is 14.9 Å². The number of ether oxygens (including phenoxy) is 1. The fourth-order valence-corrected chi connectivity index (χ4v) is 1.91. The van der Waals surface area contributed by atoms with Crippen LogP contribution in [0, 0.1) is 6.92 Å². The smallest absolute Gasteiger partial charge is 0.254 e. The Balaban J connectivity index is 1.82. The van der Waals surface area contributed by atoms with E-state index in [1.54, 1.807) is 6.92 Å². The molecule has 0 atom stereocenters. The zero-order valence-electron chi connectivity index (χ0n) is 9.53. The van der Waals surface area contributed by atoms with Crippen LogP contribution in [0.4, 0.5) is 0 Å². The Hall–Kier alpha value is -1.36. The number of nitrogens with one attached hydrogen (secondary N) is 1. The average molecular weight is 223 g/mol. The van der Waals surface area contributed by atoms with Gasteiger partial charge in [-0.1, -0.05) is 0 Å². The van der Waals surface area contributed by atoms with Gasteiger partial charge in [0.05, 0.1) is 6.07 Å². The Labute approximate surface area is 94.5 Å². The zero-order valence-corrected chi connectivity index (χ0v) is 9.53. The van der Waals surface area contributed by atoms with Crippen LogP contribution in [0.15, 0.2) is 10.9 Å². The summed E-state index contributed by atoms with van der Waals surface area (Å²) in [6.07, 6.45) is 2.56. The van der Waals surface area contributed by atoms with Gasteiger partial charge in [0.15, 0.2) is 0 Å². The molecule has 2 rings (SSSR count). The van der Waals surface area contributed by atoms with Gasteiger partial charge in [0, 0.05) is 6.54 Å². The third-order valence-electron chi connectivity index (χ3n) is 2.69. The maximum absolute atomic E-state index is 11.1. The Bertz CT molecular complexity index is 396. The third kappa shape index (κ3) is 3.06. The van der Waals surface area contributed by atoms with Crippen molar-refractivity contribution in [2.45, 2.75) is 19.8 Å². The molecule has 1 aliphatic rings. The predicted molar refractivity (Wildman–Crippen MR) is 60.8 cm³/mol. The van der Waals surface area contributed by atoms with Gasteiger partial charge in [-0.05, 0) is 32.9 Å². The Kier molecular flexibility index (Phi) is 3.56. The molecule has 1 N–H and O–H groups in total. The van der Waals surface area contributed by atoms with E-state index < -0.39 is 0 Å². The van der Waals surface area contributed by atoms with Crippen molar-refractivity contribution in [2.75, 3.05) is 26.2 Å². The zero-order chi connectivity index (χ0) is 11.4. The molecule has 2 heterocycles. The Morgan fingerprint density at radius 2 is 2.25 bits per heavy atom. The highest BCUT2D eigenvalue weighted by atomic mass is 16.5. The quantitative estimate of drug-likeness (QED) is 0.810. The summed E-state index contributed by atoms with van der Waals surface area (Å²) >= 11 is 0. The number of aryl methyl sites for hydroxylation is 1. The van der Waals surface area contributed by atoms with Crippen LogP contribution in [0.5, 0.6) is 5.88 Å². The van der Waals surface area contributed by atoms with Crippen molar-refractivity contribution in [1.29, 1.82) is 0 Å². The van der Waals surface area contributed by atoms with E-state index in [4.69, 9.17) is 4.74 Å².